The summed E-state index contributed by atoms with van der Waals surface area (Å²) in [6.45, 7) is 5.38. The molecule has 0 fully saturated rings. The molecular weight excluding hydrogens is 244 g/mol. The van der Waals surface area contributed by atoms with Crippen LogP contribution < -0.4 is 0 Å². The molecule has 0 aromatic carbocycles. The van der Waals surface area contributed by atoms with Crippen molar-refractivity contribution in [3.63, 3.8) is 0 Å². The summed E-state index contributed by atoms with van der Waals surface area (Å²) in [5.74, 6) is -0.387. The lowest BCUT2D eigenvalue weighted by molar-refractivity contribution is -0.145. The van der Waals surface area contributed by atoms with E-state index in [9.17, 15) is 9.59 Å². The van der Waals surface area contributed by atoms with Gasteiger partial charge in [-0.3, -0.25) is 9.59 Å². The van der Waals surface area contributed by atoms with Crippen LogP contribution in [0.3, 0.4) is 0 Å². The van der Waals surface area contributed by atoms with Crippen molar-refractivity contribution in [2.75, 3.05) is 6.61 Å². The fourth-order valence-corrected chi connectivity index (χ4v) is 1.98. The van der Waals surface area contributed by atoms with E-state index in [0.717, 1.165) is 25.7 Å². The molecule has 19 heavy (non-hydrogen) atoms. The normalized spacial score (nSPS) is 11.9. The largest absolute Gasteiger partial charge is 0.466 e. The first kappa shape index (κ1) is 17.9. The van der Waals surface area contributed by atoms with Crippen LogP contribution in [-0.4, -0.2) is 24.6 Å². The first-order valence-electron chi connectivity index (χ1n) is 7.33. The maximum atomic E-state index is 10.7. The average Bonchev–Trinajstić information content (AvgIpc) is 2.30. The Hall–Kier alpha value is -1.06. The smallest absolute Gasteiger partial charge is 0.302 e. The Morgan fingerprint density at radius 1 is 0.842 bits per heavy atom. The summed E-state index contributed by atoms with van der Waals surface area (Å²) in [5.41, 5.74) is 0. The van der Waals surface area contributed by atoms with Crippen LogP contribution in [0.2, 0.25) is 0 Å². The maximum Gasteiger partial charge on any atom is 0.302 e. The standard InChI is InChI=1S/C15H28O4/c1-13(19-15(3)17)11-9-7-5-4-6-8-10-12-18-14(2)16/h13H,4-12H2,1-3H3/t13-/m0/s1. The number of carbonyl (C=O) groups is 2. The van der Waals surface area contributed by atoms with Crippen molar-refractivity contribution < 1.29 is 19.1 Å². The van der Waals surface area contributed by atoms with Crippen LogP contribution in [0.1, 0.15) is 72.1 Å². The molecular formula is C15H28O4. The second kappa shape index (κ2) is 12.0. The molecule has 0 saturated heterocycles. The third kappa shape index (κ3) is 14.9. The van der Waals surface area contributed by atoms with E-state index in [2.05, 4.69) is 0 Å². The van der Waals surface area contributed by atoms with Crippen LogP contribution in [0.25, 0.3) is 0 Å². The molecule has 1 atom stereocenters. The van der Waals surface area contributed by atoms with Crippen LogP contribution in [0, 0.1) is 0 Å². The van der Waals surface area contributed by atoms with Crippen LogP contribution in [0.4, 0.5) is 0 Å². The molecule has 0 bridgehead atoms. The molecule has 4 nitrogen and oxygen atoms in total. The molecule has 4 heteroatoms. The highest BCUT2D eigenvalue weighted by Gasteiger charge is 2.04. The summed E-state index contributed by atoms with van der Waals surface area (Å²) in [5, 5.41) is 0. The number of rotatable bonds is 11. The van der Waals surface area contributed by atoms with Gasteiger partial charge in [0.2, 0.25) is 0 Å². The fourth-order valence-electron chi connectivity index (χ4n) is 1.98. The molecule has 0 saturated carbocycles. The van der Waals surface area contributed by atoms with E-state index >= 15 is 0 Å². The lowest BCUT2D eigenvalue weighted by Gasteiger charge is -2.11. The van der Waals surface area contributed by atoms with E-state index in [1.54, 1.807) is 0 Å². The number of hydrogen-bond acceptors (Lipinski definition) is 4. The SMILES string of the molecule is CC(=O)OCCCCCCCCC[C@H](C)OC(C)=O. The van der Waals surface area contributed by atoms with Gasteiger partial charge >= 0.3 is 11.9 Å². The number of esters is 2. The van der Waals surface area contributed by atoms with E-state index in [1.807, 2.05) is 6.92 Å². The minimum Gasteiger partial charge on any atom is -0.466 e. The van der Waals surface area contributed by atoms with Gasteiger partial charge in [0.15, 0.2) is 0 Å². The highest BCUT2D eigenvalue weighted by molar-refractivity contribution is 5.66. The van der Waals surface area contributed by atoms with Gasteiger partial charge < -0.3 is 9.47 Å². The van der Waals surface area contributed by atoms with Gasteiger partial charge in [-0.2, -0.15) is 0 Å². The van der Waals surface area contributed by atoms with Gasteiger partial charge in [-0.25, -0.2) is 0 Å². The fraction of sp³-hybridized carbons (Fsp3) is 0.867. The Kier molecular flexibility index (Phi) is 11.3. The van der Waals surface area contributed by atoms with Gasteiger partial charge in [0.25, 0.3) is 0 Å². The van der Waals surface area contributed by atoms with E-state index in [0.29, 0.717) is 6.61 Å². The Morgan fingerprint density at radius 2 is 1.37 bits per heavy atom. The monoisotopic (exact) mass is 272 g/mol. The Bertz CT molecular complexity index is 251. The van der Waals surface area contributed by atoms with Crippen molar-refractivity contribution in [1.82, 2.24) is 0 Å². The Labute approximate surface area is 116 Å². The molecule has 0 radical (unpaired) electrons. The van der Waals surface area contributed by atoms with Crippen LogP contribution in [0.15, 0.2) is 0 Å². The zero-order valence-corrected chi connectivity index (χ0v) is 12.6. The summed E-state index contributed by atoms with van der Waals surface area (Å²) in [7, 11) is 0. The molecule has 0 aliphatic heterocycles. The van der Waals surface area contributed by atoms with Crippen molar-refractivity contribution in [2.24, 2.45) is 0 Å². The number of unbranched alkanes of at least 4 members (excludes halogenated alkanes) is 6. The van der Waals surface area contributed by atoms with Crippen molar-refractivity contribution in [3.05, 3.63) is 0 Å². The first-order chi connectivity index (χ1) is 9.02. The second-order valence-corrected chi connectivity index (χ2v) is 5.02. The molecule has 0 unspecified atom stereocenters. The minimum absolute atomic E-state index is 0.0428. The lowest BCUT2D eigenvalue weighted by atomic mass is 10.1. The number of ether oxygens (including phenoxy) is 2. The third-order valence-corrected chi connectivity index (χ3v) is 2.93. The molecule has 0 rings (SSSR count). The van der Waals surface area contributed by atoms with Crippen molar-refractivity contribution >= 4 is 11.9 Å². The zero-order valence-electron chi connectivity index (χ0n) is 12.6. The summed E-state index contributed by atoms with van der Waals surface area (Å²) in [6.07, 6.45) is 9.02. The topological polar surface area (TPSA) is 52.6 Å². The van der Waals surface area contributed by atoms with Crippen molar-refractivity contribution in [2.45, 2.75) is 78.2 Å². The van der Waals surface area contributed by atoms with E-state index in [4.69, 9.17) is 9.47 Å². The van der Waals surface area contributed by atoms with Gasteiger partial charge in [0.05, 0.1) is 12.7 Å². The van der Waals surface area contributed by atoms with E-state index in [1.165, 1.54) is 39.5 Å². The van der Waals surface area contributed by atoms with Gasteiger partial charge in [-0.05, 0) is 26.2 Å². The number of hydrogen-bond donors (Lipinski definition) is 0. The molecule has 0 aromatic heterocycles. The third-order valence-electron chi connectivity index (χ3n) is 2.93. The summed E-state index contributed by atoms with van der Waals surface area (Å²) in [4.78, 5) is 21.2. The van der Waals surface area contributed by atoms with Gasteiger partial charge in [0.1, 0.15) is 0 Å². The summed E-state index contributed by atoms with van der Waals surface area (Å²) in [6, 6.07) is 0. The van der Waals surface area contributed by atoms with Crippen molar-refractivity contribution in [3.8, 4) is 0 Å². The molecule has 112 valence electrons. The highest BCUT2D eigenvalue weighted by atomic mass is 16.5. The molecule has 0 aromatic rings. The molecule has 0 heterocycles. The van der Waals surface area contributed by atoms with Gasteiger partial charge in [0, 0.05) is 13.8 Å². The van der Waals surface area contributed by atoms with E-state index in [-0.39, 0.29) is 18.0 Å². The maximum absolute atomic E-state index is 10.7. The summed E-state index contributed by atoms with van der Waals surface area (Å²) < 4.78 is 9.93. The Morgan fingerprint density at radius 3 is 1.89 bits per heavy atom. The first-order valence-corrected chi connectivity index (χ1v) is 7.33. The van der Waals surface area contributed by atoms with Gasteiger partial charge in [-0.1, -0.05) is 32.1 Å². The van der Waals surface area contributed by atoms with Crippen LogP contribution in [0.5, 0.6) is 0 Å². The van der Waals surface area contributed by atoms with Crippen molar-refractivity contribution in [1.29, 1.82) is 0 Å². The Balaban J connectivity index is 3.14. The highest BCUT2D eigenvalue weighted by Crippen LogP contribution is 2.11. The van der Waals surface area contributed by atoms with Crippen LogP contribution in [-0.2, 0) is 19.1 Å². The molecule has 0 aliphatic rings. The molecule has 0 amide bonds. The summed E-state index contributed by atoms with van der Waals surface area (Å²) >= 11 is 0. The van der Waals surface area contributed by atoms with Gasteiger partial charge in [-0.15, -0.1) is 0 Å². The van der Waals surface area contributed by atoms with Crippen LogP contribution >= 0.6 is 0 Å². The molecule has 0 spiro atoms. The predicted molar refractivity (Wildman–Crippen MR) is 74.8 cm³/mol. The zero-order chi connectivity index (χ0) is 14.5. The lowest BCUT2D eigenvalue weighted by Crippen LogP contribution is -2.11. The quantitative estimate of drug-likeness (QED) is 0.426. The molecule has 0 aliphatic carbocycles. The predicted octanol–water partition coefficient (Wildman–Crippen LogP) is 3.62. The molecule has 0 N–H and O–H groups in total. The average molecular weight is 272 g/mol. The number of carbonyl (C=O) groups excluding carboxylic acids is 2. The minimum atomic E-state index is -0.194. The second-order valence-electron chi connectivity index (χ2n) is 5.02. The van der Waals surface area contributed by atoms with E-state index < -0.39 is 0 Å².